The lowest BCUT2D eigenvalue weighted by Crippen LogP contribution is -2.46. The maximum atomic E-state index is 12.2. The summed E-state index contributed by atoms with van der Waals surface area (Å²) in [6.45, 7) is 5.40. The quantitative estimate of drug-likeness (QED) is 0.930. The highest BCUT2D eigenvalue weighted by Gasteiger charge is 2.26. The molecule has 1 aromatic heterocycles. The van der Waals surface area contributed by atoms with Gasteiger partial charge in [0.2, 0.25) is 11.9 Å². The Kier molecular flexibility index (Phi) is 4.55. The smallest absolute Gasteiger partial charge is 0.248 e. The number of anilines is 1. The summed E-state index contributed by atoms with van der Waals surface area (Å²) in [4.78, 5) is 14.1. The molecule has 1 aliphatic heterocycles. The fourth-order valence-corrected chi connectivity index (χ4v) is 2.86. The summed E-state index contributed by atoms with van der Waals surface area (Å²) in [5, 5.41) is 15.3. The Labute approximate surface area is 135 Å². The molecule has 2 heterocycles. The first-order chi connectivity index (χ1) is 11.1. The van der Waals surface area contributed by atoms with E-state index in [4.69, 9.17) is 0 Å². The molecule has 3 rings (SSSR count). The molecule has 122 valence electrons. The number of tetrazole rings is 1. The first-order valence-corrected chi connectivity index (χ1v) is 8.04. The van der Waals surface area contributed by atoms with Gasteiger partial charge in [0.15, 0.2) is 0 Å². The van der Waals surface area contributed by atoms with Crippen LogP contribution in [0.5, 0.6) is 0 Å². The number of amides is 1. The van der Waals surface area contributed by atoms with E-state index in [0.29, 0.717) is 12.5 Å². The first-order valence-electron chi connectivity index (χ1n) is 8.04. The number of benzene rings is 1. The molecule has 7 nitrogen and oxygen atoms in total. The summed E-state index contributed by atoms with van der Waals surface area (Å²) < 4.78 is 1.68. The van der Waals surface area contributed by atoms with E-state index < -0.39 is 0 Å². The van der Waals surface area contributed by atoms with Gasteiger partial charge in [-0.25, -0.2) is 0 Å². The zero-order valence-electron chi connectivity index (χ0n) is 13.5. The lowest BCUT2D eigenvalue weighted by atomic mass is 10.0. The topological polar surface area (TPSA) is 75.9 Å². The van der Waals surface area contributed by atoms with Gasteiger partial charge in [-0.2, -0.15) is 4.68 Å². The highest BCUT2D eigenvalue weighted by atomic mass is 16.2. The third-order valence-corrected chi connectivity index (χ3v) is 4.03. The van der Waals surface area contributed by atoms with Gasteiger partial charge in [0, 0.05) is 25.0 Å². The standard InChI is InChI=1S/C16H22N6O/c1-12(2)15(23)21-10-6-7-13(11-21)17-16-18-19-20-22(16)14-8-4-3-5-9-14/h3-5,8-9,12-13H,6-7,10-11H2,1-2H3,(H,17,18,20)/t13-/m1/s1. The second-order valence-electron chi connectivity index (χ2n) is 6.17. The third kappa shape index (κ3) is 3.49. The Morgan fingerprint density at radius 1 is 1.30 bits per heavy atom. The number of carbonyl (C=O) groups is 1. The number of likely N-dealkylation sites (tertiary alicyclic amines) is 1. The molecule has 1 N–H and O–H groups in total. The van der Waals surface area contributed by atoms with Crippen molar-refractivity contribution in [1.82, 2.24) is 25.1 Å². The number of aromatic nitrogens is 4. The molecular formula is C16H22N6O. The zero-order chi connectivity index (χ0) is 16.2. The van der Waals surface area contributed by atoms with Crippen molar-refractivity contribution in [2.45, 2.75) is 32.7 Å². The molecule has 2 aromatic rings. The number of hydrogen-bond acceptors (Lipinski definition) is 5. The predicted octanol–water partition coefficient (Wildman–Crippen LogP) is 1.72. The van der Waals surface area contributed by atoms with Crippen molar-refractivity contribution in [3.8, 4) is 5.69 Å². The van der Waals surface area contributed by atoms with Crippen molar-refractivity contribution in [3.63, 3.8) is 0 Å². The number of nitrogens with one attached hydrogen (secondary N) is 1. The Balaban J connectivity index is 1.71. The molecular weight excluding hydrogens is 292 g/mol. The van der Waals surface area contributed by atoms with Gasteiger partial charge in [0.05, 0.1) is 5.69 Å². The minimum Gasteiger partial charge on any atom is -0.348 e. The summed E-state index contributed by atoms with van der Waals surface area (Å²) in [5.41, 5.74) is 0.908. The van der Waals surface area contributed by atoms with Crippen LogP contribution in [-0.2, 0) is 4.79 Å². The zero-order valence-corrected chi connectivity index (χ0v) is 13.5. The van der Waals surface area contributed by atoms with Gasteiger partial charge in [-0.15, -0.1) is 0 Å². The van der Waals surface area contributed by atoms with Crippen LogP contribution in [0, 0.1) is 5.92 Å². The molecule has 1 aliphatic rings. The molecule has 7 heteroatoms. The minimum atomic E-state index is 0.0309. The first kappa shape index (κ1) is 15.5. The van der Waals surface area contributed by atoms with Crippen LogP contribution in [0.3, 0.4) is 0 Å². The lowest BCUT2D eigenvalue weighted by Gasteiger charge is -2.34. The molecule has 0 spiro atoms. The van der Waals surface area contributed by atoms with Crippen molar-refractivity contribution in [3.05, 3.63) is 30.3 Å². The summed E-state index contributed by atoms with van der Waals surface area (Å²) in [6.07, 6.45) is 1.99. The monoisotopic (exact) mass is 314 g/mol. The van der Waals surface area contributed by atoms with E-state index in [2.05, 4.69) is 20.8 Å². The van der Waals surface area contributed by atoms with E-state index in [-0.39, 0.29) is 17.9 Å². The summed E-state index contributed by atoms with van der Waals surface area (Å²) in [7, 11) is 0. The van der Waals surface area contributed by atoms with Crippen LogP contribution >= 0.6 is 0 Å². The van der Waals surface area contributed by atoms with Crippen LogP contribution in [0.1, 0.15) is 26.7 Å². The van der Waals surface area contributed by atoms with Crippen LogP contribution in [-0.4, -0.2) is 50.1 Å². The molecule has 0 saturated carbocycles. The van der Waals surface area contributed by atoms with Gasteiger partial charge in [0.1, 0.15) is 0 Å². The predicted molar refractivity (Wildman–Crippen MR) is 87.2 cm³/mol. The van der Waals surface area contributed by atoms with E-state index in [1.165, 1.54) is 0 Å². The maximum absolute atomic E-state index is 12.2. The summed E-state index contributed by atoms with van der Waals surface area (Å²) in [6, 6.07) is 9.93. The molecule has 0 bridgehead atoms. The number of nitrogens with zero attached hydrogens (tertiary/aromatic N) is 5. The Morgan fingerprint density at radius 3 is 2.83 bits per heavy atom. The second kappa shape index (κ2) is 6.76. The van der Waals surface area contributed by atoms with Crippen LogP contribution in [0.15, 0.2) is 30.3 Å². The largest absolute Gasteiger partial charge is 0.348 e. The van der Waals surface area contributed by atoms with Crippen molar-refractivity contribution < 1.29 is 4.79 Å². The molecule has 0 aliphatic carbocycles. The van der Waals surface area contributed by atoms with Gasteiger partial charge >= 0.3 is 0 Å². The molecule has 1 amide bonds. The van der Waals surface area contributed by atoms with E-state index >= 15 is 0 Å². The van der Waals surface area contributed by atoms with Gasteiger partial charge in [-0.05, 0) is 35.4 Å². The van der Waals surface area contributed by atoms with Crippen molar-refractivity contribution in [2.75, 3.05) is 18.4 Å². The van der Waals surface area contributed by atoms with Crippen LogP contribution in [0.25, 0.3) is 5.69 Å². The highest BCUT2D eigenvalue weighted by molar-refractivity contribution is 5.78. The van der Waals surface area contributed by atoms with Crippen LogP contribution < -0.4 is 5.32 Å². The van der Waals surface area contributed by atoms with E-state index in [1.54, 1.807) is 4.68 Å². The van der Waals surface area contributed by atoms with E-state index in [1.807, 2.05) is 49.1 Å². The molecule has 1 saturated heterocycles. The summed E-state index contributed by atoms with van der Waals surface area (Å²) in [5.74, 6) is 0.850. The Morgan fingerprint density at radius 2 is 2.09 bits per heavy atom. The number of rotatable bonds is 4. The fourth-order valence-electron chi connectivity index (χ4n) is 2.86. The normalized spacial score (nSPS) is 18.2. The number of para-hydroxylation sites is 1. The maximum Gasteiger partial charge on any atom is 0.248 e. The average molecular weight is 314 g/mol. The Bertz CT molecular complexity index is 654. The average Bonchev–Trinajstić information content (AvgIpc) is 3.03. The molecule has 23 heavy (non-hydrogen) atoms. The van der Waals surface area contributed by atoms with E-state index in [0.717, 1.165) is 25.1 Å². The lowest BCUT2D eigenvalue weighted by molar-refractivity contribution is -0.135. The SMILES string of the molecule is CC(C)C(=O)N1CCC[C@@H](Nc2nnnn2-c2ccccc2)C1. The number of carbonyl (C=O) groups excluding carboxylic acids is 1. The van der Waals surface area contributed by atoms with Crippen molar-refractivity contribution in [2.24, 2.45) is 5.92 Å². The van der Waals surface area contributed by atoms with Crippen molar-refractivity contribution in [1.29, 1.82) is 0 Å². The molecule has 1 atom stereocenters. The Hall–Kier alpha value is -2.44. The van der Waals surface area contributed by atoms with Gasteiger partial charge < -0.3 is 10.2 Å². The number of hydrogen-bond donors (Lipinski definition) is 1. The van der Waals surface area contributed by atoms with Crippen LogP contribution in [0.2, 0.25) is 0 Å². The second-order valence-corrected chi connectivity index (χ2v) is 6.17. The molecule has 0 unspecified atom stereocenters. The van der Waals surface area contributed by atoms with Gasteiger partial charge in [0.25, 0.3) is 0 Å². The van der Waals surface area contributed by atoms with Gasteiger partial charge in [-0.3, -0.25) is 4.79 Å². The minimum absolute atomic E-state index is 0.0309. The van der Waals surface area contributed by atoms with Gasteiger partial charge in [-0.1, -0.05) is 37.1 Å². The third-order valence-electron chi connectivity index (χ3n) is 4.03. The molecule has 1 fully saturated rings. The van der Waals surface area contributed by atoms with Crippen molar-refractivity contribution >= 4 is 11.9 Å². The van der Waals surface area contributed by atoms with E-state index in [9.17, 15) is 4.79 Å². The fraction of sp³-hybridized carbons (Fsp3) is 0.500. The molecule has 0 radical (unpaired) electrons. The molecule has 1 aromatic carbocycles. The van der Waals surface area contributed by atoms with Crippen LogP contribution in [0.4, 0.5) is 5.95 Å². The summed E-state index contributed by atoms with van der Waals surface area (Å²) >= 11 is 0. The number of piperidine rings is 1. The highest BCUT2D eigenvalue weighted by Crippen LogP contribution is 2.18.